The monoisotopic (exact) mass is 259 g/mol. The Labute approximate surface area is 109 Å². The summed E-state index contributed by atoms with van der Waals surface area (Å²) in [6.07, 6.45) is 2.31. The van der Waals surface area contributed by atoms with Crippen molar-refractivity contribution in [1.29, 1.82) is 0 Å². The molecule has 0 aliphatic carbocycles. The third-order valence-corrected chi connectivity index (χ3v) is 2.73. The van der Waals surface area contributed by atoms with Crippen LogP contribution >= 0.6 is 0 Å². The number of urea groups is 1. The second kappa shape index (κ2) is 9.13. The van der Waals surface area contributed by atoms with E-state index in [9.17, 15) is 4.79 Å². The van der Waals surface area contributed by atoms with Crippen LogP contribution < -0.4 is 10.6 Å². The highest BCUT2D eigenvalue weighted by molar-refractivity contribution is 5.73. The zero-order valence-corrected chi connectivity index (χ0v) is 11.4. The standard InChI is InChI=1S/C12H25N3O3/c1-15(2)6-9-17-8-5-13-12(16)14-10-11-4-3-7-18-11/h11H,3-10H2,1-2H3,(H2,13,14,16)/t11-/m1/s1. The van der Waals surface area contributed by atoms with Crippen molar-refractivity contribution in [2.24, 2.45) is 0 Å². The molecule has 0 radical (unpaired) electrons. The first-order valence-electron chi connectivity index (χ1n) is 6.54. The van der Waals surface area contributed by atoms with Gasteiger partial charge in [-0.2, -0.15) is 0 Å². The van der Waals surface area contributed by atoms with Gasteiger partial charge in [0.05, 0.1) is 19.3 Å². The van der Waals surface area contributed by atoms with Crippen LogP contribution in [0.1, 0.15) is 12.8 Å². The van der Waals surface area contributed by atoms with Crippen molar-refractivity contribution in [2.45, 2.75) is 18.9 Å². The van der Waals surface area contributed by atoms with E-state index in [1.807, 2.05) is 14.1 Å². The Hall–Kier alpha value is -0.850. The van der Waals surface area contributed by atoms with Gasteiger partial charge in [0.1, 0.15) is 0 Å². The zero-order valence-electron chi connectivity index (χ0n) is 11.4. The SMILES string of the molecule is CN(C)CCOCCNC(=O)NC[C@H]1CCCO1. The van der Waals surface area contributed by atoms with E-state index in [1.54, 1.807) is 0 Å². The largest absolute Gasteiger partial charge is 0.378 e. The number of hydrogen-bond acceptors (Lipinski definition) is 4. The first kappa shape index (κ1) is 15.2. The molecule has 6 heteroatoms. The molecule has 0 unspecified atom stereocenters. The molecule has 1 atom stereocenters. The summed E-state index contributed by atoms with van der Waals surface area (Å²) >= 11 is 0. The van der Waals surface area contributed by atoms with Crippen LogP contribution in [0.15, 0.2) is 0 Å². The fraction of sp³-hybridized carbons (Fsp3) is 0.917. The molecule has 1 heterocycles. The van der Waals surface area contributed by atoms with Crippen LogP contribution in [0, 0.1) is 0 Å². The van der Waals surface area contributed by atoms with Gasteiger partial charge < -0.3 is 25.0 Å². The van der Waals surface area contributed by atoms with E-state index in [4.69, 9.17) is 9.47 Å². The van der Waals surface area contributed by atoms with Gasteiger partial charge in [-0.15, -0.1) is 0 Å². The van der Waals surface area contributed by atoms with Gasteiger partial charge in [0.2, 0.25) is 0 Å². The number of amides is 2. The lowest BCUT2D eigenvalue weighted by atomic mass is 10.2. The van der Waals surface area contributed by atoms with E-state index >= 15 is 0 Å². The van der Waals surface area contributed by atoms with Crippen molar-refractivity contribution < 1.29 is 14.3 Å². The number of hydrogen-bond donors (Lipinski definition) is 2. The van der Waals surface area contributed by atoms with Crippen LogP contribution in [0.2, 0.25) is 0 Å². The van der Waals surface area contributed by atoms with Crippen LogP contribution in [0.3, 0.4) is 0 Å². The Balaban J connectivity index is 1.87. The number of likely N-dealkylation sites (N-methyl/N-ethyl adjacent to an activating group) is 1. The fourth-order valence-electron chi connectivity index (χ4n) is 1.66. The third-order valence-electron chi connectivity index (χ3n) is 2.73. The fourth-order valence-corrected chi connectivity index (χ4v) is 1.66. The van der Waals surface area contributed by atoms with Crippen LogP contribution in [0.5, 0.6) is 0 Å². The second-order valence-electron chi connectivity index (χ2n) is 4.69. The summed E-state index contributed by atoms with van der Waals surface area (Å²) < 4.78 is 10.8. The van der Waals surface area contributed by atoms with E-state index < -0.39 is 0 Å². The summed E-state index contributed by atoms with van der Waals surface area (Å²) in [6, 6.07) is -0.151. The maximum Gasteiger partial charge on any atom is 0.314 e. The number of nitrogens with zero attached hydrogens (tertiary/aromatic N) is 1. The average molecular weight is 259 g/mol. The molecule has 1 saturated heterocycles. The van der Waals surface area contributed by atoms with E-state index in [2.05, 4.69) is 15.5 Å². The molecule has 0 bridgehead atoms. The topological polar surface area (TPSA) is 62.8 Å². The Morgan fingerprint density at radius 3 is 2.89 bits per heavy atom. The number of carbonyl (C=O) groups excluding carboxylic acids is 1. The molecule has 6 nitrogen and oxygen atoms in total. The van der Waals surface area contributed by atoms with Crippen molar-refractivity contribution in [3.8, 4) is 0 Å². The molecule has 1 aliphatic rings. The second-order valence-corrected chi connectivity index (χ2v) is 4.69. The number of ether oxygens (including phenoxy) is 2. The van der Waals surface area contributed by atoms with Crippen molar-refractivity contribution in [3.05, 3.63) is 0 Å². The van der Waals surface area contributed by atoms with Crippen molar-refractivity contribution in [1.82, 2.24) is 15.5 Å². The molecule has 1 aliphatic heterocycles. The average Bonchev–Trinajstić information content (AvgIpc) is 2.83. The minimum Gasteiger partial charge on any atom is -0.378 e. The normalized spacial score (nSPS) is 19.2. The summed E-state index contributed by atoms with van der Waals surface area (Å²) in [4.78, 5) is 13.5. The Morgan fingerprint density at radius 1 is 1.39 bits per heavy atom. The van der Waals surface area contributed by atoms with Gasteiger partial charge in [0, 0.05) is 26.2 Å². The van der Waals surface area contributed by atoms with Crippen molar-refractivity contribution >= 4 is 6.03 Å². The molecular weight excluding hydrogens is 234 g/mol. The Morgan fingerprint density at radius 2 is 2.22 bits per heavy atom. The van der Waals surface area contributed by atoms with Gasteiger partial charge in [0.15, 0.2) is 0 Å². The predicted octanol–water partition coefficient (Wildman–Crippen LogP) is 0.0428. The molecule has 1 rings (SSSR count). The van der Waals surface area contributed by atoms with Crippen LogP contribution in [0.25, 0.3) is 0 Å². The maximum atomic E-state index is 11.4. The van der Waals surface area contributed by atoms with E-state index in [-0.39, 0.29) is 12.1 Å². The number of rotatable bonds is 8. The maximum absolute atomic E-state index is 11.4. The Kier molecular flexibility index (Phi) is 7.71. The molecule has 18 heavy (non-hydrogen) atoms. The minimum atomic E-state index is -0.151. The molecule has 0 saturated carbocycles. The first-order chi connectivity index (χ1) is 8.68. The first-order valence-corrected chi connectivity index (χ1v) is 6.54. The molecule has 0 aromatic heterocycles. The molecule has 106 valence electrons. The molecule has 2 N–H and O–H groups in total. The molecular formula is C12H25N3O3. The molecule has 0 aromatic rings. The number of nitrogens with one attached hydrogen (secondary N) is 2. The predicted molar refractivity (Wildman–Crippen MR) is 69.7 cm³/mol. The lowest BCUT2D eigenvalue weighted by molar-refractivity contribution is 0.110. The van der Waals surface area contributed by atoms with Gasteiger partial charge >= 0.3 is 6.03 Å². The molecule has 0 spiro atoms. The lowest BCUT2D eigenvalue weighted by Crippen LogP contribution is -2.40. The Bertz CT molecular complexity index is 231. The molecule has 0 aromatic carbocycles. The zero-order chi connectivity index (χ0) is 13.2. The van der Waals surface area contributed by atoms with Crippen molar-refractivity contribution in [3.63, 3.8) is 0 Å². The highest BCUT2D eigenvalue weighted by atomic mass is 16.5. The summed E-state index contributed by atoms with van der Waals surface area (Å²) in [6.45, 7) is 4.06. The number of carbonyl (C=O) groups is 1. The lowest BCUT2D eigenvalue weighted by Gasteiger charge is -2.12. The van der Waals surface area contributed by atoms with Crippen LogP contribution in [0.4, 0.5) is 4.79 Å². The summed E-state index contributed by atoms with van der Waals surface area (Å²) in [5.74, 6) is 0. The van der Waals surface area contributed by atoms with Gasteiger partial charge in [-0.3, -0.25) is 0 Å². The smallest absolute Gasteiger partial charge is 0.314 e. The third kappa shape index (κ3) is 7.47. The van der Waals surface area contributed by atoms with E-state index in [1.165, 1.54) is 0 Å². The van der Waals surface area contributed by atoms with Crippen molar-refractivity contribution in [2.75, 3.05) is 53.6 Å². The minimum absolute atomic E-state index is 0.151. The molecule has 1 fully saturated rings. The summed E-state index contributed by atoms with van der Waals surface area (Å²) in [7, 11) is 4.00. The summed E-state index contributed by atoms with van der Waals surface area (Å²) in [5.41, 5.74) is 0. The van der Waals surface area contributed by atoms with Gasteiger partial charge in [-0.05, 0) is 26.9 Å². The summed E-state index contributed by atoms with van der Waals surface area (Å²) in [5, 5.41) is 5.55. The van der Waals surface area contributed by atoms with E-state index in [0.29, 0.717) is 26.3 Å². The molecule has 2 amide bonds. The van der Waals surface area contributed by atoms with Gasteiger partial charge in [-0.1, -0.05) is 0 Å². The van der Waals surface area contributed by atoms with Gasteiger partial charge in [0.25, 0.3) is 0 Å². The van der Waals surface area contributed by atoms with Gasteiger partial charge in [-0.25, -0.2) is 4.79 Å². The quantitative estimate of drug-likeness (QED) is 0.604. The van der Waals surface area contributed by atoms with Crippen LogP contribution in [-0.4, -0.2) is 70.6 Å². The highest BCUT2D eigenvalue weighted by Gasteiger charge is 2.15. The van der Waals surface area contributed by atoms with E-state index in [0.717, 1.165) is 26.0 Å². The van der Waals surface area contributed by atoms with Crippen LogP contribution in [-0.2, 0) is 9.47 Å². The highest BCUT2D eigenvalue weighted by Crippen LogP contribution is 2.10.